The molecule has 10 nitrogen and oxygen atoms in total. The molecule has 12 heteroatoms. The van der Waals surface area contributed by atoms with Crippen LogP contribution in [0.3, 0.4) is 0 Å². The molecular weight excluding hydrogens is 434 g/mol. The number of nitrogens with one attached hydrogen (secondary N) is 3. The van der Waals surface area contributed by atoms with Crippen molar-refractivity contribution >= 4 is 39.1 Å². The maximum atomic E-state index is 12.7. The largest absolute Gasteiger partial charge is 0.496 e. The van der Waals surface area contributed by atoms with E-state index >= 15 is 0 Å². The highest BCUT2D eigenvalue weighted by Gasteiger charge is 2.27. The number of ether oxygens (including phenoxy) is 1. The van der Waals surface area contributed by atoms with Crippen LogP contribution in [0.1, 0.15) is 33.7 Å². The number of hydrogen-bond donors (Lipinski definition) is 3. The number of nitrogens with zero attached hydrogens (tertiary/aromatic N) is 2. The number of halogens is 1. The lowest BCUT2D eigenvalue weighted by atomic mass is 10.1. The molecule has 2 heterocycles. The summed E-state index contributed by atoms with van der Waals surface area (Å²) in [5.74, 6) is -0.725. The Bertz CT molecular complexity index is 1050. The quantitative estimate of drug-likeness (QED) is 0.604. The lowest BCUT2D eigenvalue weighted by Crippen LogP contribution is -2.46. The van der Waals surface area contributed by atoms with E-state index < -0.39 is 21.8 Å². The Morgan fingerprint density at radius 1 is 1.27 bits per heavy atom. The maximum absolute atomic E-state index is 12.7. The van der Waals surface area contributed by atoms with Gasteiger partial charge < -0.3 is 15.4 Å². The summed E-state index contributed by atoms with van der Waals surface area (Å²) < 4.78 is 29.8. The van der Waals surface area contributed by atoms with Crippen LogP contribution >= 0.6 is 11.6 Å². The monoisotopic (exact) mass is 455 g/mol. The summed E-state index contributed by atoms with van der Waals surface area (Å²) in [6, 6.07) is 4.63. The van der Waals surface area contributed by atoms with E-state index in [2.05, 4.69) is 20.8 Å². The predicted octanol–water partition coefficient (Wildman–Crippen LogP) is 1.48. The molecule has 0 atom stereocenters. The van der Waals surface area contributed by atoms with Gasteiger partial charge >= 0.3 is 0 Å². The number of sulfonamides is 1. The molecule has 3 N–H and O–H groups in total. The third-order valence-electron chi connectivity index (χ3n) is 4.78. The van der Waals surface area contributed by atoms with Gasteiger partial charge in [0.05, 0.1) is 24.1 Å². The SMILES string of the molecule is COc1cccc(Cl)c1C(=O)Nc1c[nH]nc1C(=O)NC1CCN(S(C)(=O)=O)CC1. The Kier molecular flexibility index (Phi) is 6.64. The average molecular weight is 456 g/mol. The van der Waals surface area contributed by atoms with Crippen LogP contribution in [0.25, 0.3) is 0 Å². The summed E-state index contributed by atoms with van der Waals surface area (Å²) in [4.78, 5) is 25.3. The summed E-state index contributed by atoms with van der Waals surface area (Å²) in [7, 11) is -1.82. The third-order valence-corrected chi connectivity index (χ3v) is 6.40. The number of aromatic amines is 1. The molecule has 162 valence electrons. The molecule has 30 heavy (non-hydrogen) atoms. The Morgan fingerprint density at radius 2 is 1.97 bits per heavy atom. The van der Waals surface area contributed by atoms with Crippen molar-refractivity contribution in [3.63, 3.8) is 0 Å². The highest BCUT2D eigenvalue weighted by molar-refractivity contribution is 7.88. The number of carbonyl (C=O) groups excluding carboxylic acids is 2. The van der Waals surface area contributed by atoms with Crippen LogP contribution in [-0.4, -0.2) is 67.2 Å². The smallest absolute Gasteiger partial charge is 0.274 e. The minimum Gasteiger partial charge on any atom is -0.496 e. The lowest BCUT2D eigenvalue weighted by Gasteiger charge is -2.30. The van der Waals surface area contributed by atoms with Gasteiger partial charge in [0.1, 0.15) is 11.3 Å². The van der Waals surface area contributed by atoms with Crippen molar-refractivity contribution in [2.45, 2.75) is 18.9 Å². The first kappa shape index (κ1) is 22.1. The molecular formula is C18H22ClN5O5S. The van der Waals surface area contributed by atoms with E-state index in [9.17, 15) is 18.0 Å². The summed E-state index contributed by atoms with van der Waals surface area (Å²) in [5.41, 5.74) is 0.343. The van der Waals surface area contributed by atoms with Crippen LogP contribution in [0.2, 0.25) is 5.02 Å². The molecule has 0 bridgehead atoms. The number of methoxy groups -OCH3 is 1. The second-order valence-electron chi connectivity index (χ2n) is 6.83. The van der Waals surface area contributed by atoms with E-state index in [1.807, 2.05) is 0 Å². The van der Waals surface area contributed by atoms with Gasteiger partial charge in [-0.2, -0.15) is 5.10 Å². The molecule has 2 amide bonds. The summed E-state index contributed by atoms with van der Waals surface area (Å²) >= 11 is 6.13. The highest BCUT2D eigenvalue weighted by Crippen LogP contribution is 2.27. The van der Waals surface area contributed by atoms with Crippen molar-refractivity contribution in [2.24, 2.45) is 0 Å². The third kappa shape index (κ3) is 4.91. The molecule has 1 saturated heterocycles. The van der Waals surface area contributed by atoms with E-state index in [0.29, 0.717) is 31.7 Å². The molecule has 0 aliphatic carbocycles. The fourth-order valence-electron chi connectivity index (χ4n) is 3.22. The number of amides is 2. The number of carbonyl (C=O) groups is 2. The second kappa shape index (κ2) is 9.02. The van der Waals surface area contributed by atoms with Gasteiger partial charge in [-0.05, 0) is 25.0 Å². The van der Waals surface area contributed by atoms with Crippen molar-refractivity contribution in [1.29, 1.82) is 0 Å². The molecule has 0 spiro atoms. The first-order valence-corrected chi connectivity index (χ1v) is 11.4. The van der Waals surface area contributed by atoms with Gasteiger partial charge in [0, 0.05) is 25.3 Å². The fourth-order valence-corrected chi connectivity index (χ4v) is 4.35. The number of aromatic nitrogens is 2. The predicted molar refractivity (Wildman–Crippen MR) is 111 cm³/mol. The van der Waals surface area contributed by atoms with Crippen LogP contribution in [0.15, 0.2) is 24.4 Å². The Hall–Kier alpha value is -2.63. The first-order valence-electron chi connectivity index (χ1n) is 9.14. The molecule has 1 aliphatic rings. The summed E-state index contributed by atoms with van der Waals surface area (Å²) in [5, 5.41) is 12.2. The Labute approximate surface area is 179 Å². The number of rotatable bonds is 6. The summed E-state index contributed by atoms with van der Waals surface area (Å²) in [6.45, 7) is 0.667. The zero-order valence-electron chi connectivity index (χ0n) is 16.4. The van der Waals surface area contributed by atoms with E-state index in [4.69, 9.17) is 16.3 Å². The minimum absolute atomic E-state index is 0.0138. The first-order chi connectivity index (χ1) is 14.2. The number of benzene rings is 1. The van der Waals surface area contributed by atoms with Crippen molar-refractivity contribution in [3.05, 3.63) is 40.7 Å². The van der Waals surface area contributed by atoms with Crippen molar-refractivity contribution in [1.82, 2.24) is 19.8 Å². The van der Waals surface area contributed by atoms with Crippen LogP contribution in [-0.2, 0) is 10.0 Å². The van der Waals surface area contributed by atoms with Crippen molar-refractivity contribution < 1.29 is 22.7 Å². The molecule has 3 rings (SSSR count). The van der Waals surface area contributed by atoms with Crippen LogP contribution < -0.4 is 15.4 Å². The molecule has 1 aromatic carbocycles. The Morgan fingerprint density at radius 3 is 2.60 bits per heavy atom. The lowest BCUT2D eigenvalue weighted by molar-refractivity contribution is 0.0919. The molecule has 1 aromatic heterocycles. The Balaban J connectivity index is 1.67. The van der Waals surface area contributed by atoms with Gasteiger partial charge in [-0.15, -0.1) is 0 Å². The normalized spacial score (nSPS) is 15.6. The van der Waals surface area contributed by atoms with Gasteiger partial charge in [0.25, 0.3) is 11.8 Å². The van der Waals surface area contributed by atoms with Crippen molar-refractivity contribution in [2.75, 3.05) is 31.8 Å². The fraction of sp³-hybridized carbons (Fsp3) is 0.389. The van der Waals surface area contributed by atoms with Gasteiger partial charge in [0.2, 0.25) is 10.0 Å². The molecule has 1 fully saturated rings. The number of hydrogen-bond acceptors (Lipinski definition) is 6. The maximum Gasteiger partial charge on any atom is 0.274 e. The van der Waals surface area contributed by atoms with Gasteiger partial charge in [0.15, 0.2) is 5.69 Å². The topological polar surface area (TPSA) is 133 Å². The standard InChI is InChI=1S/C18H22ClN5O5S/c1-29-14-5-3-4-12(19)15(14)17(25)22-13-10-20-23-16(13)18(26)21-11-6-8-24(9-7-11)30(2,27)28/h3-5,10-11H,6-9H2,1-2H3,(H,20,23)(H,21,26)(H,22,25). The second-order valence-corrected chi connectivity index (χ2v) is 9.22. The van der Waals surface area contributed by atoms with Gasteiger partial charge in [-0.3, -0.25) is 14.7 Å². The molecule has 0 saturated carbocycles. The zero-order valence-corrected chi connectivity index (χ0v) is 18.0. The number of H-pyrrole nitrogens is 1. The average Bonchev–Trinajstić information content (AvgIpc) is 3.15. The minimum atomic E-state index is -3.24. The molecule has 0 radical (unpaired) electrons. The molecule has 0 unspecified atom stereocenters. The molecule has 2 aromatic rings. The van der Waals surface area contributed by atoms with E-state index in [0.717, 1.165) is 0 Å². The van der Waals surface area contributed by atoms with Crippen molar-refractivity contribution in [3.8, 4) is 5.75 Å². The van der Waals surface area contributed by atoms with Crippen LogP contribution in [0.5, 0.6) is 5.75 Å². The number of anilines is 1. The summed E-state index contributed by atoms with van der Waals surface area (Å²) in [6.07, 6.45) is 3.53. The zero-order chi connectivity index (χ0) is 21.9. The molecule has 1 aliphatic heterocycles. The van der Waals surface area contributed by atoms with Gasteiger partial charge in [-0.1, -0.05) is 17.7 Å². The van der Waals surface area contributed by atoms with Crippen LogP contribution in [0.4, 0.5) is 5.69 Å². The van der Waals surface area contributed by atoms with Gasteiger partial charge in [-0.25, -0.2) is 12.7 Å². The van der Waals surface area contributed by atoms with E-state index in [-0.39, 0.29) is 28.0 Å². The van der Waals surface area contributed by atoms with E-state index in [1.165, 1.54) is 23.9 Å². The number of piperidine rings is 1. The van der Waals surface area contributed by atoms with Crippen LogP contribution in [0, 0.1) is 0 Å². The highest BCUT2D eigenvalue weighted by atomic mass is 35.5. The van der Waals surface area contributed by atoms with E-state index in [1.54, 1.807) is 18.2 Å².